The molecule has 136 heavy (non-hydrogen) atoms. The molecule has 5 nitrogen and oxygen atoms in total. The average molecular weight is 1760 g/mol. The summed E-state index contributed by atoms with van der Waals surface area (Å²) in [6, 6.07) is 156. The van der Waals surface area contributed by atoms with Gasteiger partial charge in [-0.05, 0) is 211 Å². The number of fused-ring (bicyclic) bond motifs is 26. The van der Waals surface area contributed by atoms with Crippen LogP contribution in [0, 0.1) is 0 Å². The van der Waals surface area contributed by atoms with Crippen molar-refractivity contribution in [3.8, 4) is 55.9 Å². The number of benzene rings is 23. The molecule has 29 aromatic rings. The number of aromatic nitrogens is 3. The molecule has 0 fully saturated rings. The van der Waals surface area contributed by atoms with Gasteiger partial charge in [-0.25, -0.2) is 0 Å². The molecule has 2 aliphatic heterocycles. The summed E-state index contributed by atoms with van der Waals surface area (Å²) in [5.41, 5.74) is 32.7. The van der Waals surface area contributed by atoms with Gasteiger partial charge in [-0.3, -0.25) is 0 Å². The molecule has 0 atom stereocenters. The molecule has 0 radical (unpaired) electrons. The first-order valence-corrected chi connectivity index (χ1v) is 49.4. The van der Waals surface area contributed by atoms with Gasteiger partial charge in [0.1, 0.15) is 0 Å². The van der Waals surface area contributed by atoms with E-state index in [1.165, 1.54) is 203 Å². The Morgan fingerprint density at radius 3 is 1.02 bits per heavy atom. The van der Waals surface area contributed by atoms with Gasteiger partial charge in [0.05, 0.1) is 70.8 Å². The van der Waals surface area contributed by atoms with Crippen LogP contribution in [-0.2, 0) is 0 Å². The van der Waals surface area contributed by atoms with E-state index in [1.54, 1.807) is 0 Å². The molecular weight excluding hydrogens is 1680 g/mol. The van der Waals surface area contributed by atoms with Crippen molar-refractivity contribution in [3.63, 3.8) is 0 Å². The van der Waals surface area contributed by atoms with Crippen molar-refractivity contribution in [2.75, 3.05) is 9.80 Å². The lowest BCUT2D eigenvalue weighted by molar-refractivity contribution is 0.867. The maximum absolute atomic E-state index is 2.89. The zero-order valence-corrected chi connectivity index (χ0v) is 76.5. The predicted octanol–water partition coefficient (Wildman–Crippen LogP) is 34.6. The van der Waals surface area contributed by atoms with Gasteiger partial charge in [0, 0.05) is 119 Å². The molecule has 0 unspecified atom stereocenters. The van der Waals surface area contributed by atoms with Crippen LogP contribution in [-0.4, -0.2) is 20.2 Å². The highest BCUT2D eigenvalue weighted by Crippen LogP contribution is 2.62. The molecule has 0 saturated heterocycles. The lowest BCUT2D eigenvalue weighted by Gasteiger charge is -2.46. The maximum atomic E-state index is 2.89. The van der Waals surface area contributed by atoms with Crippen LogP contribution in [0.15, 0.2) is 400 Å². The van der Waals surface area contributed by atoms with E-state index in [-0.39, 0.29) is 11.8 Å². The van der Waals surface area contributed by atoms with E-state index in [0.29, 0.717) is 0 Å². The van der Waals surface area contributed by atoms with Gasteiger partial charge in [-0.15, -0.1) is 22.7 Å². The fraction of sp³-hybridized carbons (Fsp3) is 0.0469. The number of anilines is 6. The Morgan fingerprint density at radius 1 is 0.235 bits per heavy atom. The molecular formula is C128H80BN5S2. The number of rotatable bonds is 10. The van der Waals surface area contributed by atoms with Crippen LogP contribution in [0.1, 0.15) is 50.7 Å². The smallest absolute Gasteiger partial charge is 0.252 e. The first-order chi connectivity index (χ1) is 67.2. The second-order valence-electron chi connectivity index (χ2n) is 38.7. The van der Waals surface area contributed by atoms with Crippen LogP contribution < -0.4 is 26.2 Å². The van der Waals surface area contributed by atoms with Crippen molar-refractivity contribution in [2.24, 2.45) is 0 Å². The second kappa shape index (κ2) is 27.7. The van der Waals surface area contributed by atoms with E-state index in [9.17, 15) is 0 Å². The first-order valence-electron chi connectivity index (χ1n) is 47.8. The van der Waals surface area contributed by atoms with E-state index in [4.69, 9.17) is 0 Å². The summed E-state index contributed by atoms with van der Waals surface area (Å²) in [5.74, 6) is 0.281. The Balaban J connectivity index is 0.822. The average Bonchev–Trinajstić information content (AvgIpc) is 1.41. The van der Waals surface area contributed by atoms with Crippen LogP contribution in [0.25, 0.3) is 243 Å². The normalized spacial score (nSPS) is 13.1. The highest BCUT2D eigenvalue weighted by molar-refractivity contribution is 7.27. The van der Waals surface area contributed by atoms with Crippen LogP contribution in [0.4, 0.5) is 34.1 Å². The molecule has 0 N–H and O–H groups in total. The Labute approximate surface area is 790 Å². The Bertz CT molecular complexity index is 9700. The molecule has 632 valence electrons. The van der Waals surface area contributed by atoms with Crippen molar-refractivity contribution >= 4 is 267 Å². The fourth-order valence-electron chi connectivity index (χ4n) is 25.2. The molecule has 0 bridgehead atoms. The van der Waals surface area contributed by atoms with Crippen molar-refractivity contribution in [1.29, 1.82) is 0 Å². The predicted molar refractivity (Wildman–Crippen MR) is 587 cm³/mol. The molecule has 31 rings (SSSR count). The minimum absolute atomic E-state index is 0.141. The van der Waals surface area contributed by atoms with Crippen molar-refractivity contribution in [1.82, 2.24) is 13.5 Å². The van der Waals surface area contributed by atoms with E-state index in [0.717, 1.165) is 101 Å². The van der Waals surface area contributed by atoms with E-state index in [1.807, 2.05) is 22.7 Å². The summed E-state index contributed by atoms with van der Waals surface area (Å²) in [4.78, 5) is 5.78. The van der Waals surface area contributed by atoms with Crippen LogP contribution in [0.5, 0.6) is 0 Å². The Hall–Kier alpha value is -16.4. The molecule has 8 heterocycles. The summed E-state index contributed by atoms with van der Waals surface area (Å²) in [5, 5.41) is 29.8. The van der Waals surface area contributed by atoms with Gasteiger partial charge in [0.25, 0.3) is 6.71 Å². The molecule has 2 aliphatic rings. The van der Waals surface area contributed by atoms with Crippen molar-refractivity contribution in [2.45, 2.75) is 39.5 Å². The molecule has 23 aromatic carbocycles. The topological polar surface area (TPSA) is 20.8 Å². The zero-order valence-electron chi connectivity index (χ0n) is 74.9. The summed E-state index contributed by atoms with van der Waals surface area (Å²) < 4.78 is 13.1. The standard InChI is InChI=1S/C128H80BN5S2/c1-71(2)81-65-99(73-25-7-5-8-26-73)120(101(67-81)85-55-49-79-47-45-75-29-23-31-77-51-57-91(85)115(79)113(75)77)133-109-69-83(130-105-39-17-11-33-87(105)93-59-61-95-89-35-15-21-43-111(89)135-127(95)122(93)130)53-63-103(109)129-104-64-54-84(131-106-40-18-12-34-88(106)94-60-62-96-90-36-16-22-44-112(90)136-128(96)123(94)131)70-110(104)134(126-118-98-38-14-20-42-108(98)132-107-41-19-13-37-97(107)117(124(118)132)125(133)119(126)129)121-100(74-27-9-6-10-28-74)66-82(72(3)4)68-102(121)86-56-50-80-48-46-76-30-24-32-78-52-58-92(86)116(80)114(76)78/h5-72H,1-4H3. The van der Waals surface area contributed by atoms with E-state index in [2.05, 4.69) is 451 Å². The third-order valence-electron chi connectivity index (χ3n) is 31.1. The Morgan fingerprint density at radius 2 is 0.588 bits per heavy atom. The first kappa shape index (κ1) is 75.2. The Kier molecular flexibility index (Phi) is 15.3. The second-order valence-corrected chi connectivity index (χ2v) is 40.8. The maximum Gasteiger partial charge on any atom is 0.252 e. The lowest BCUT2D eigenvalue weighted by atomic mass is 9.33. The van der Waals surface area contributed by atoms with Gasteiger partial charge >= 0.3 is 0 Å². The summed E-state index contributed by atoms with van der Waals surface area (Å²) in [7, 11) is 0. The van der Waals surface area contributed by atoms with Crippen molar-refractivity contribution in [3.05, 3.63) is 412 Å². The van der Waals surface area contributed by atoms with E-state index < -0.39 is 6.71 Å². The number of thiophene rings is 2. The number of hydrogen-bond acceptors (Lipinski definition) is 4. The molecule has 0 aliphatic carbocycles. The summed E-state index contributed by atoms with van der Waals surface area (Å²) >= 11 is 3.83. The molecule has 6 aromatic heterocycles. The SMILES string of the molecule is CC(C)c1cc(-c2ccccc2)c(N2c3cc(-n4c5ccccc5c5ccc6c7ccccc7sc6c54)ccc3B3c4ccc(-n5c6ccccc6c6ccc7c8ccccc8sc7c65)cc4N(c4c(-c5ccccc5)cc(C(C)C)cc4-c4ccc5ccc6cccc7ccc4c5c67)c4c3c2c2c3ccccc3n3c5ccccc5c4c23)c(-c2ccc3ccc4cccc5ccc2c3c45)c1. The number of hydrogen-bond donors (Lipinski definition) is 0. The van der Waals surface area contributed by atoms with E-state index >= 15 is 0 Å². The van der Waals surface area contributed by atoms with Gasteiger partial charge in [0.2, 0.25) is 0 Å². The monoisotopic (exact) mass is 1760 g/mol. The molecule has 0 saturated carbocycles. The van der Waals surface area contributed by atoms with Gasteiger partial charge in [-0.2, -0.15) is 0 Å². The lowest BCUT2D eigenvalue weighted by Crippen LogP contribution is -2.61. The minimum atomic E-state index is -0.415. The summed E-state index contributed by atoms with van der Waals surface area (Å²) in [6.07, 6.45) is 0. The largest absolute Gasteiger partial charge is 0.309 e. The van der Waals surface area contributed by atoms with Crippen LogP contribution >= 0.6 is 22.7 Å². The minimum Gasteiger partial charge on any atom is -0.309 e. The van der Waals surface area contributed by atoms with Crippen LogP contribution in [0.2, 0.25) is 0 Å². The third-order valence-corrected chi connectivity index (χ3v) is 33.5. The quantitative estimate of drug-likeness (QED) is 0.100. The van der Waals surface area contributed by atoms with Gasteiger partial charge in [-0.1, -0.05) is 343 Å². The summed E-state index contributed by atoms with van der Waals surface area (Å²) in [6.45, 7) is 9.15. The molecule has 0 spiro atoms. The highest BCUT2D eigenvalue weighted by Gasteiger charge is 2.49. The molecule has 0 amide bonds. The fourth-order valence-corrected chi connectivity index (χ4v) is 27.7. The van der Waals surface area contributed by atoms with Crippen molar-refractivity contribution < 1.29 is 0 Å². The van der Waals surface area contributed by atoms with Gasteiger partial charge in [0.15, 0.2) is 0 Å². The third kappa shape index (κ3) is 10.0. The zero-order chi connectivity index (χ0) is 89.0. The number of para-hydroxylation sites is 4. The number of nitrogens with zero attached hydrogens (tertiary/aromatic N) is 5. The van der Waals surface area contributed by atoms with Gasteiger partial charge < -0.3 is 23.3 Å². The molecule has 8 heteroatoms. The van der Waals surface area contributed by atoms with Crippen LogP contribution in [0.3, 0.4) is 0 Å². The highest BCUT2D eigenvalue weighted by atomic mass is 32.1.